The molecule has 19 heavy (non-hydrogen) atoms. The van der Waals surface area contributed by atoms with Crippen LogP contribution in [0.1, 0.15) is 28.8 Å². The van der Waals surface area contributed by atoms with Crippen molar-refractivity contribution >= 4 is 5.91 Å². The van der Waals surface area contributed by atoms with Crippen molar-refractivity contribution in [3.63, 3.8) is 0 Å². The van der Waals surface area contributed by atoms with Crippen LogP contribution in [0.2, 0.25) is 0 Å². The lowest BCUT2D eigenvalue weighted by Gasteiger charge is -2.10. The number of benzene rings is 1. The number of amides is 1. The summed E-state index contributed by atoms with van der Waals surface area (Å²) in [5.41, 5.74) is 1.38. The summed E-state index contributed by atoms with van der Waals surface area (Å²) in [6.45, 7) is 1.34. The summed E-state index contributed by atoms with van der Waals surface area (Å²) in [6.07, 6.45) is 1.30. The highest BCUT2D eigenvalue weighted by atomic mass is 16.5. The quantitative estimate of drug-likeness (QED) is 0.794. The maximum absolute atomic E-state index is 12.0. The minimum atomic E-state index is -0.0960. The summed E-state index contributed by atoms with van der Waals surface area (Å²) in [4.78, 5) is 12.0. The van der Waals surface area contributed by atoms with Gasteiger partial charge in [0.2, 0.25) is 0 Å². The van der Waals surface area contributed by atoms with E-state index < -0.39 is 0 Å². The van der Waals surface area contributed by atoms with E-state index in [-0.39, 0.29) is 18.6 Å². The van der Waals surface area contributed by atoms with E-state index in [0.717, 1.165) is 12.0 Å². The highest BCUT2D eigenvalue weighted by Crippen LogP contribution is 2.08. The normalized spacial score (nSPS) is 17.6. The molecule has 2 rings (SSSR count). The average Bonchev–Trinajstić information content (AvgIpc) is 2.92. The molecular formula is C15H17NO3. The van der Waals surface area contributed by atoms with Gasteiger partial charge in [-0.15, -0.1) is 0 Å². The average molecular weight is 259 g/mol. The summed E-state index contributed by atoms with van der Waals surface area (Å²) in [6, 6.07) is 7.29. The van der Waals surface area contributed by atoms with E-state index in [9.17, 15) is 4.79 Å². The van der Waals surface area contributed by atoms with E-state index in [1.807, 2.05) is 12.1 Å². The van der Waals surface area contributed by atoms with Crippen molar-refractivity contribution in [1.29, 1.82) is 0 Å². The summed E-state index contributed by atoms with van der Waals surface area (Å²) in [7, 11) is 0. The van der Waals surface area contributed by atoms with E-state index in [1.54, 1.807) is 12.1 Å². The number of hydrogen-bond donors (Lipinski definition) is 2. The van der Waals surface area contributed by atoms with E-state index in [1.165, 1.54) is 0 Å². The Bertz CT molecular complexity index is 496. The van der Waals surface area contributed by atoms with Crippen LogP contribution in [0.25, 0.3) is 0 Å². The predicted octanol–water partition coefficient (Wildman–Crippen LogP) is 0.939. The lowest BCUT2D eigenvalue weighted by molar-refractivity contribution is 0.0930. The van der Waals surface area contributed by atoms with Gasteiger partial charge in [-0.3, -0.25) is 4.79 Å². The topological polar surface area (TPSA) is 58.6 Å². The second-order valence-corrected chi connectivity index (χ2v) is 4.39. The molecule has 0 spiro atoms. The number of ether oxygens (including phenoxy) is 1. The second kappa shape index (κ2) is 6.93. The van der Waals surface area contributed by atoms with Crippen molar-refractivity contribution in [3.05, 3.63) is 35.4 Å². The largest absolute Gasteiger partial charge is 0.395 e. The number of nitrogens with one attached hydrogen (secondary N) is 1. The first kappa shape index (κ1) is 13.6. The number of hydrogen-bond acceptors (Lipinski definition) is 3. The van der Waals surface area contributed by atoms with Gasteiger partial charge in [-0.1, -0.05) is 17.9 Å². The molecule has 100 valence electrons. The fourth-order valence-corrected chi connectivity index (χ4v) is 1.88. The van der Waals surface area contributed by atoms with Gasteiger partial charge in [-0.25, -0.2) is 0 Å². The molecule has 1 heterocycles. The van der Waals surface area contributed by atoms with E-state index in [4.69, 9.17) is 9.84 Å². The first-order valence-electron chi connectivity index (χ1n) is 6.38. The number of carbonyl (C=O) groups is 1. The molecule has 0 aromatic heterocycles. The zero-order chi connectivity index (χ0) is 13.5. The fraction of sp³-hybridized carbons (Fsp3) is 0.400. The van der Waals surface area contributed by atoms with Gasteiger partial charge in [0, 0.05) is 24.2 Å². The first-order valence-corrected chi connectivity index (χ1v) is 6.38. The molecule has 1 aliphatic rings. The predicted molar refractivity (Wildman–Crippen MR) is 71.7 cm³/mol. The van der Waals surface area contributed by atoms with E-state index in [2.05, 4.69) is 17.2 Å². The molecule has 1 amide bonds. The van der Waals surface area contributed by atoms with Gasteiger partial charge in [0.15, 0.2) is 0 Å². The SMILES string of the molecule is O=C(NC1CCOC1)c1cccc(C#CCCO)c1. The van der Waals surface area contributed by atoms with E-state index in [0.29, 0.717) is 25.2 Å². The Balaban J connectivity index is 2.01. The van der Waals surface area contributed by atoms with Crippen molar-refractivity contribution in [2.45, 2.75) is 18.9 Å². The maximum Gasteiger partial charge on any atom is 0.251 e. The molecule has 4 heteroatoms. The van der Waals surface area contributed by atoms with Crippen molar-refractivity contribution in [2.24, 2.45) is 0 Å². The van der Waals surface area contributed by atoms with Crippen LogP contribution in [0.15, 0.2) is 24.3 Å². The van der Waals surface area contributed by atoms with Gasteiger partial charge in [0.1, 0.15) is 0 Å². The number of aliphatic hydroxyl groups excluding tert-OH is 1. The van der Waals surface area contributed by atoms with Gasteiger partial charge >= 0.3 is 0 Å². The van der Waals surface area contributed by atoms with Crippen LogP contribution in [0.5, 0.6) is 0 Å². The van der Waals surface area contributed by atoms with E-state index >= 15 is 0 Å². The number of aliphatic hydroxyl groups is 1. The van der Waals surface area contributed by atoms with Gasteiger partial charge in [-0.2, -0.15) is 0 Å². The van der Waals surface area contributed by atoms with Crippen LogP contribution in [0.4, 0.5) is 0 Å². The van der Waals surface area contributed by atoms with Crippen LogP contribution in [-0.2, 0) is 4.74 Å². The smallest absolute Gasteiger partial charge is 0.251 e. The molecule has 2 N–H and O–H groups in total. The molecule has 0 bridgehead atoms. The highest BCUT2D eigenvalue weighted by molar-refractivity contribution is 5.94. The van der Waals surface area contributed by atoms with Crippen LogP contribution in [0, 0.1) is 11.8 Å². The Hall–Kier alpha value is -1.83. The highest BCUT2D eigenvalue weighted by Gasteiger charge is 2.18. The molecule has 0 radical (unpaired) electrons. The Morgan fingerprint density at radius 3 is 3.16 bits per heavy atom. The van der Waals surface area contributed by atoms with Gasteiger partial charge in [0.05, 0.1) is 19.3 Å². The molecule has 4 nitrogen and oxygen atoms in total. The first-order chi connectivity index (χ1) is 9.29. The molecule has 1 aliphatic heterocycles. The van der Waals surface area contributed by atoms with Gasteiger partial charge in [0.25, 0.3) is 5.91 Å². The number of carbonyl (C=O) groups excluding carboxylic acids is 1. The van der Waals surface area contributed by atoms with Gasteiger partial charge in [-0.05, 0) is 24.6 Å². The second-order valence-electron chi connectivity index (χ2n) is 4.39. The molecule has 1 aromatic carbocycles. The minimum absolute atomic E-state index is 0.0505. The lowest BCUT2D eigenvalue weighted by Crippen LogP contribution is -2.34. The Kier molecular flexibility index (Phi) is 4.96. The molecule has 1 fully saturated rings. The third kappa shape index (κ3) is 4.09. The number of rotatable bonds is 3. The van der Waals surface area contributed by atoms with Crippen LogP contribution < -0.4 is 5.32 Å². The molecule has 0 saturated carbocycles. The Labute approximate surface area is 112 Å². The zero-order valence-corrected chi connectivity index (χ0v) is 10.7. The van der Waals surface area contributed by atoms with Crippen molar-refractivity contribution < 1.29 is 14.6 Å². The summed E-state index contributed by atoms with van der Waals surface area (Å²) >= 11 is 0. The van der Waals surface area contributed by atoms with Gasteiger partial charge < -0.3 is 15.2 Å². The standard InChI is InChI=1S/C15H17NO3/c17-8-2-1-4-12-5-3-6-13(10-12)15(18)16-14-7-9-19-11-14/h3,5-6,10,14,17H,2,7-9,11H2,(H,16,18). The lowest BCUT2D eigenvalue weighted by atomic mass is 10.1. The molecule has 1 unspecified atom stereocenters. The van der Waals surface area contributed by atoms with Crippen LogP contribution in [0.3, 0.4) is 0 Å². The molecule has 1 atom stereocenters. The fourth-order valence-electron chi connectivity index (χ4n) is 1.88. The summed E-state index contributed by atoms with van der Waals surface area (Å²) in [5.74, 6) is 5.66. The third-order valence-corrected chi connectivity index (χ3v) is 2.86. The van der Waals surface area contributed by atoms with Crippen molar-refractivity contribution in [3.8, 4) is 11.8 Å². The summed E-state index contributed by atoms with van der Waals surface area (Å²) < 4.78 is 5.22. The van der Waals surface area contributed by atoms with Crippen LogP contribution >= 0.6 is 0 Å². The Morgan fingerprint density at radius 2 is 2.42 bits per heavy atom. The zero-order valence-electron chi connectivity index (χ0n) is 10.7. The van der Waals surface area contributed by atoms with Crippen LogP contribution in [-0.4, -0.2) is 36.9 Å². The third-order valence-electron chi connectivity index (χ3n) is 2.86. The molecule has 1 aromatic rings. The maximum atomic E-state index is 12.0. The molecule has 0 aliphatic carbocycles. The summed E-state index contributed by atoms with van der Waals surface area (Å²) in [5, 5.41) is 11.6. The monoisotopic (exact) mass is 259 g/mol. The Morgan fingerprint density at radius 1 is 1.53 bits per heavy atom. The molecule has 1 saturated heterocycles. The van der Waals surface area contributed by atoms with Crippen molar-refractivity contribution in [1.82, 2.24) is 5.32 Å². The molecular weight excluding hydrogens is 242 g/mol. The van der Waals surface area contributed by atoms with Crippen molar-refractivity contribution in [2.75, 3.05) is 19.8 Å². The minimum Gasteiger partial charge on any atom is -0.395 e.